The van der Waals surface area contributed by atoms with Crippen LogP contribution in [0.2, 0.25) is 5.02 Å². The number of ether oxygens (including phenoxy) is 3. The molecule has 0 aliphatic carbocycles. The highest BCUT2D eigenvalue weighted by molar-refractivity contribution is 6.34. The number of anilines is 1. The van der Waals surface area contributed by atoms with Crippen molar-refractivity contribution in [3.8, 4) is 17.2 Å². The van der Waals surface area contributed by atoms with E-state index in [9.17, 15) is 4.79 Å². The second-order valence-electron chi connectivity index (χ2n) is 6.01. The van der Waals surface area contributed by atoms with Crippen molar-refractivity contribution in [1.82, 2.24) is 0 Å². The van der Waals surface area contributed by atoms with Crippen LogP contribution >= 0.6 is 11.6 Å². The van der Waals surface area contributed by atoms with Crippen molar-refractivity contribution in [1.29, 1.82) is 0 Å². The summed E-state index contributed by atoms with van der Waals surface area (Å²) >= 11 is 6.27. The molecule has 0 unspecified atom stereocenters. The Hall–Kier alpha value is -2.40. The van der Waals surface area contributed by atoms with E-state index in [-0.39, 0.29) is 5.91 Å². The first kappa shape index (κ1) is 18.4. The molecule has 0 spiro atoms. The number of nitrogens with one attached hydrogen (secondary N) is 1. The quantitative estimate of drug-likeness (QED) is 0.727. The highest BCUT2D eigenvalue weighted by Crippen LogP contribution is 2.37. The summed E-state index contributed by atoms with van der Waals surface area (Å²) in [5.74, 6) is 1.69. The van der Waals surface area contributed by atoms with E-state index in [2.05, 4.69) is 12.2 Å². The smallest absolute Gasteiger partial charge is 0.255 e. The number of carbonyl (C=O) groups excluding carboxylic acids is 1. The lowest BCUT2D eigenvalue weighted by molar-refractivity contribution is 0.102. The van der Waals surface area contributed by atoms with E-state index in [1.165, 1.54) is 0 Å². The summed E-state index contributed by atoms with van der Waals surface area (Å²) in [6.45, 7) is 3.94. The van der Waals surface area contributed by atoms with Crippen LogP contribution in [0.5, 0.6) is 17.2 Å². The average Bonchev–Trinajstić information content (AvgIpc) is 2.87. The van der Waals surface area contributed by atoms with Crippen molar-refractivity contribution < 1.29 is 19.0 Å². The van der Waals surface area contributed by atoms with Crippen LogP contribution in [-0.4, -0.2) is 25.7 Å². The molecular weight excluding hydrogens is 354 g/mol. The first-order valence-corrected chi connectivity index (χ1v) is 9.18. The van der Waals surface area contributed by atoms with Gasteiger partial charge in [0.15, 0.2) is 11.5 Å². The van der Waals surface area contributed by atoms with Crippen LogP contribution < -0.4 is 19.5 Å². The van der Waals surface area contributed by atoms with Crippen LogP contribution in [0.3, 0.4) is 0 Å². The molecule has 1 aliphatic heterocycles. The number of benzene rings is 2. The summed E-state index contributed by atoms with van der Waals surface area (Å²) in [4.78, 5) is 12.5. The number of hydrogen-bond donors (Lipinski definition) is 1. The van der Waals surface area contributed by atoms with Crippen LogP contribution in [-0.2, 0) is 0 Å². The van der Waals surface area contributed by atoms with Crippen molar-refractivity contribution in [2.24, 2.45) is 0 Å². The number of unbranched alkanes of at least 4 members (excludes halogenated alkanes) is 1. The van der Waals surface area contributed by atoms with E-state index in [0.29, 0.717) is 47.6 Å². The first-order chi connectivity index (χ1) is 12.7. The molecule has 5 nitrogen and oxygen atoms in total. The third-order valence-electron chi connectivity index (χ3n) is 3.97. The van der Waals surface area contributed by atoms with Gasteiger partial charge >= 0.3 is 0 Å². The molecule has 6 heteroatoms. The average molecular weight is 376 g/mol. The zero-order valence-electron chi connectivity index (χ0n) is 14.7. The van der Waals surface area contributed by atoms with Crippen LogP contribution in [0.4, 0.5) is 5.69 Å². The molecule has 0 aromatic heterocycles. The standard InChI is InChI=1S/C20H22ClNO4/c1-2-3-9-24-15-7-5-14(6-8-15)20(23)22-17-13-19-18(12-16(17)21)25-10-4-11-26-19/h5-8,12-13H,2-4,9-11H2,1H3,(H,22,23). The monoisotopic (exact) mass is 375 g/mol. The second kappa shape index (κ2) is 8.81. The summed E-state index contributed by atoms with van der Waals surface area (Å²) in [5, 5.41) is 3.23. The van der Waals surface area contributed by atoms with Gasteiger partial charge in [0.1, 0.15) is 5.75 Å². The molecule has 1 N–H and O–H groups in total. The Bertz CT molecular complexity index is 761. The minimum atomic E-state index is -0.249. The van der Waals surface area contributed by atoms with E-state index in [0.717, 1.165) is 25.0 Å². The predicted octanol–water partition coefficient (Wildman–Crippen LogP) is 4.93. The Labute approximate surface area is 158 Å². The minimum Gasteiger partial charge on any atom is -0.494 e. The molecular formula is C20H22ClNO4. The Kier molecular flexibility index (Phi) is 6.23. The normalized spacial score (nSPS) is 13.0. The molecule has 3 rings (SSSR count). The molecule has 2 aromatic carbocycles. The Morgan fingerprint density at radius 2 is 1.85 bits per heavy atom. The van der Waals surface area contributed by atoms with E-state index < -0.39 is 0 Å². The Morgan fingerprint density at radius 1 is 1.15 bits per heavy atom. The maximum atomic E-state index is 12.5. The summed E-state index contributed by atoms with van der Waals surface area (Å²) in [7, 11) is 0. The second-order valence-corrected chi connectivity index (χ2v) is 6.42. The highest BCUT2D eigenvalue weighted by Gasteiger charge is 2.16. The number of halogens is 1. The largest absolute Gasteiger partial charge is 0.494 e. The zero-order valence-corrected chi connectivity index (χ0v) is 15.5. The molecule has 0 bridgehead atoms. The van der Waals surface area contributed by atoms with Gasteiger partial charge in [-0.1, -0.05) is 24.9 Å². The van der Waals surface area contributed by atoms with Crippen molar-refractivity contribution in [3.05, 3.63) is 47.0 Å². The summed E-state index contributed by atoms with van der Waals surface area (Å²) in [6.07, 6.45) is 2.89. The molecule has 1 amide bonds. The third kappa shape index (κ3) is 4.61. The molecule has 1 aliphatic rings. The summed E-state index contributed by atoms with van der Waals surface area (Å²) in [6, 6.07) is 10.4. The molecule has 0 saturated heterocycles. The number of fused-ring (bicyclic) bond motifs is 1. The van der Waals surface area contributed by atoms with Gasteiger partial charge in [-0.25, -0.2) is 0 Å². The van der Waals surface area contributed by atoms with E-state index in [1.807, 2.05) is 0 Å². The molecule has 0 atom stereocenters. The van der Waals surface area contributed by atoms with Gasteiger partial charge in [0.2, 0.25) is 0 Å². The fourth-order valence-corrected chi connectivity index (χ4v) is 2.71. The zero-order chi connectivity index (χ0) is 18.4. The lowest BCUT2D eigenvalue weighted by Crippen LogP contribution is -2.12. The Morgan fingerprint density at radius 3 is 2.54 bits per heavy atom. The number of carbonyl (C=O) groups is 1. The number of rotatable bonds is 6. The topological polar surface area (TPSA) is 56.8 Å². The maximum absolute atomic E-state index is 12.5. The fourth-order valence-electron chi connectivity index (χ4n) is 2.51. The van der Waals surface area contributed by atoms with Crippen molar-refractivity contribution in [3.63, 3.8) is 0 Å². The van der Waals surface area contributed by atoms with Crippen LogP contribution in [0, 0.1) is 0 Å². The van der Waals surface area contributed by atoms with Gasteiger partial charge in [-0.05, 0) is 30.7 Å². The van der Waals surface area contributed by atoms with Crippen molar-refractivity contribution >= 4 is 23.2 Å². The van der Waals surface area contributed by atoms with E-state index in [1.54, 1.807) is 36.4 Å². The lowest BCUT2D eigenvalue weighted by atomic mass is 10.2. The molecule has 2 aromatic rings. The molecule has 138 valence electrons. The van der Waals surface area contributed by atoms with Gasteiger partial charge < -0.3 is 19.5 Å². The van der Waals surface area contributed by atoms with E-state index in [4.69, 9.17) is 25.8 Å². The molecule has 0 radical (unpaired) electrons. The van der Waals surface area contributed by atoms with Crippen LogP contribution in [0.25, 0.3) is 0 Å². The number of amides is 1. The maximum Gasteiger partial charge on any atom is 0.255 e. The van der Waals surface area contributed by atoms with Gasteiger partial charge in [0.25, 0.3) is 5.91 Å². The predicted molar refractivity (Wildman–Crippen MR) is 102 cm³/mol. The molecule has 1 heterocycles. The fraction of sp³-hybridized carbons (Fsp3) is 0.350. The highest BCUT2D eigenvalue weighted by atomic mass is 35.5. The first-order valence-electron chi connectivity index (χ1n) is 8.80. The minimum absolute atomic E-state index is 0.249. The van der Waals surface area contributed by atoms with Gasteiger partial charge in [-0.2, -0.15) is 0 Å². The Balaban J connectivity index is 1.68. The van der Waals surface area contributed by atoms with E-state index >= 15 is 0 Å². The SMILES string of the molecule is CCCCOc1ccc(C(=O)Nc2cc3c(cc2Cl)OCCCO3)cc1. The van der Waals surface area contributed by atoms with Gasteiger partial charge in [0.05, 0.1) is 30.5 Å². The van der Waals surface area contributed by atoms with Crippen molar-refractivity contribution in [2.45, 2.75) is 26.2 Å². The molecule has 0 saturated carbocycles. The van der Waals surface area contributed by atoms with Crippen LogP contribution in [0.15, 0.2) is 36.4 Å². The molecule has 0 fully saturated rings. The third-order valence-corrected chi connectivity index (χ3v) is 4.28. The van der Waals surface area contributed by atoms with Gasteiger partial charge in [-0.3, -0.25) is 4.79 Å². The number of hydrogen-bond acceptors (Lipinski definition) is 4. The van der Waals surface area contributed by atoms with Crippen LogP contribution in [0.1, 0.15) is 36.5 Å². The van der Waals surface area contributed by atoms with Crippen molar-refractivity contribution in [2.75, 3.05) is 25.1 Å². The van der Waals surface area contributed by atoms with Gasteiger partial charge in [-0.15, -0.1) is 0 Å². The molecule has 26 heavy (non-hydrogen) atoms. The summed E-state index contributed by atoms with van der Waals surface area (Å²) in [5.41, 5.74) is 1.01. The van der Waals surface area contributed by atoms with Gasteiger partial charge in [0, 0.05) is 24.1 Å². The summed E-state index contributed by atoms with van der Waals surface area (Å²) < 4.78 is 16.8. The lowest BCUT2D eigenvalue weighted by Gasteiger charge is -2.13.